The highest BCUT2D eigenvalue weighted by Crippen LogP contribution is 2.18. The monoisotopic (exact) mass is 290 g/mol. The van der Waals surface area contributed by atoms with Crippen molar-refractivity contribution in [2.45, 2.75) is 0 Å². The minimum absolute atomic E-state index is 0.237. The highest BCUT2D eigenvalue weighted by Gasteiger charge is 2.02. The Morgan fingerprint density at radius 1 is 0.952 bits per heavy atom. The van der Waals surface area contributed by atoms with Crippen LogP contribution in [0.5, 0.6) is 17.2 Å². The lowest BCUT2D eigenvalue weighted by Gasteiger charge is -2.09. The number of halogens is 1. The fraction of sp³-hybridized carbons (Fsp3) is 0.188. The van der Waals surface area contributed by atoms with Crippen LogP contribution in [0.25, 0.3) is 0 Å². The van der Waals surface area contributed by atoms with Crippen LogP contribution >= 0.6 is 0 Å². The second-order valence-electron chi connectivity index (χ2n) is 4.21. The van der Waals surface area contributed by atoms with Gasteiger partial charge in [-0.05, 0) is 36.4 Å². The van der Waals surface area contributed by atoms with Gasteiger partial charge in [-0.25, -0.2) is 4.39 Å². The summed E-state index contributed by atoms with van der Waals surface area (Å²) in [5.74, 6) is 1.23. The molecule has 2 rings (SSSR count). The van der Waals surface area contributed by atoms with Crippen molar-refractivity contribution in [1.29, 1.82) is 0 Å². The van der Waals surface area contributed by atoms with Gasteiger partial charge in [-0.3, -0.25) is 4.79 Å². The summed E-state index contributed by atoms with van der Waals surface area (Å²) in [5.41, 5.74) is 0.237. The van der Waals surface area contributed by atoms with Gasteiger partial charge in [-0.2, -0.15) is 0 Å². The molecule has 0 aliphatic heterocycles. The van der Waals surface area contributed by atoms with Gasteiger partial charge in [0, 0.05) is 11.6 Å². The normalized spacial score (nSPS) is 10.0. The zero-order chi connectivity index (χ0) is 15.1. The number of carbonyl (C=O) groups excluding carboxylic acids is 1. The molecule has 0 N–H and O–H groups in total. The molecule has 2 aromatic carbocycles. The Morgan fingerprint density at radius 2 is 1.57 bits per heavy atom. The maximum Gasteiger partial charge on any atom is 0.150 e. The second kappa shape index (κ2) is 7.28. The van der Waals surface area contributed by atoms with Crippen LogP contribution in [0.3, 0.4) is 0 Å². The lowest BCUT2D eigenvalue weighted by atomic mass is 10.2. The molecule has 0 fully saturated rings. The molecule has 0 saturated heterocycles. The zero-order valence-electron chi connectivity index (χ0n) is 11.5. The van der Waals surface area contributed by atoms with Gasteiger partial charge in [0.05, 0.1) is 7.11 Å². The van der Waals surface area contributed by atoms with E-state index in [2.05, 4.69) is 0 Å². The number of hydrogen-bond donors (Lipinski definition) is 0. The van der Waals surface area contributed by atoms with Crippen LogP contribution in [0.2, 0.25) is 0 Å². The fourth-order valence-corrected chi connectivity index (χ4v) is 1.73. The van der Waals surface area contributed by atoms with Crippen molar-refractivity contribution in [3.05, 3.63) is 53.8 Å². The van der Waals surface area contributed by atoms with Crippen molar-refractivity contribution in [3.63, 3.8) is 0 Å². The van der Waals surface area contributed by atoms with Crippen LogP contribution in [0, 0.1) is 5.82 Å². The quantitative estimate of drug-likeness (QED) is 0.580. The minimum Gasteiger partial charge on any atom is -0.497 e. The zero-order valence-corrected chi connectivity index (χ0v) is 11.5. The van der Waals surface area contributed by atoms with Gasteiger partial charge in [0.1, 0.15) is 42.6 Å². The first-order valence-electron chi connectivity index (χ1n) is 6.36. The summed E-state index contributed by atoms with van der Waals surface area (Å²) in [6, 6.07) is 11.0. The van der Waals surface area contributed by atoms with Crippen molar-refractivity contribution < 1.29 is 23.4 Å². The number of rotatable bonds is 7. The average molecular weight is 290 g/mol. The Labute approximate surface area is 122 Å². The second-order valence-corrected chi connectivity index (χ2v) is 4.21. The summed E-state index contributed by atoms with van der Waals surface area (Å²) >= 11 is 0. The summed E-state index contributed by atoms with van der Waals surface area (Å²) in [5, 5.41) is 0. The standard InChI is InChI=1S/C16H15FO4/c1-19-14-2-4-15(5-3-14)20-6-7-21-16-9-12(11-18)8-13(17)10-16/h2-5,8-11H,6-7H2,1H3. The molecule has 0 aliphatic rings. The molecule has 0 aliphatic carbocycles. The Balaban J connectivity index is 1.81. The van der Waals surface area contributed by atoms with E-state index >= 15 is 0 Å². The van der Waals surface area contributed by atoms with Gasteiger partial charge in [-0.15, -0.1) is 0 Å². The van der Waals surface area contributed by atoms with E-state index in [4.69, 9.17) is 14.2 Å². The molecule has 0 heterocycles. The van der Waals surface area contributed by atoms with E-state index < -0.39 is 5.82 Å². The largest absolute Gasteiger partial charge is 0.497 e. The van der Waals surface area contributed by atoms with E-state index in [0.717, 1.165) is 11.8 Å². The number of methoxy groups -OCH3 is 1. The molecule has 5 heteroatoms. The van der Waals surface area contributed by atoms with E-state index in [-0.39, 0.29) is 12.2 Å². The van der Waals surface area contributed by atoms with Crippen LogP contribution in [0.4, 0.5) is 4.39 Å². The van der Waals surface area contributed by atoms with Crippen LogP contribution in [0.1, 0.15) is 10.4 Å². The number of carbonyl (C=O) groups is 1. The summed E-state index contributed by atoms with van der Waals surface area (Å²) in [6.07, 6.45) is 0.573. The van der Waals surface area contributed by atoms with Gasteiger partial charge in [0.2, 0.25) is 0 Å². The van der Waals surface area contributed by atoms with Crippen molar-refractivity contribution in [2.75, 3.05) is 20.3 Å². The third-order valence-electron chi connectivity index (χ3n) is 2.71. The Bertz CT molecular complexity index is 596. The molecular weight excluding hydrogens is 275 g/mol. The Kier molecular flexibility index (Phi) is 5.15. The van der Waals surface area contributed by atoms with Crippen LogP contribution in [0.15, 0.2) is 42.5 Å². The SMILES string of the molecule is COc1ccc(OCCOc2cc(F)cc(C=O)c2)cc1. The Morgan fingerprint density at radius 3 is 2.19 bits per heavy atom. The number of ether oxygens (including phenoxy) is 3. The first-order valence-corrected chi connectivity index (χ1v) is 6.36. The number of aldehydes is 1. The molecule has 0 radical (unpaired) electrons. The van der Waals surface area contributed by atoms with E-state index in [1.807, 2.05) is 0 Å². The highest BCUT2D eigenvalue weighted by atomic mass is 19.1. The average Bonchev–Trinajstić information content (AvgIpc) is 2.51. The molecule has 110 valence electrons. The summed E-state index contributed by atoms with van der Waals surface area (Å²) in [4.78, 5) is 10.6. The molecule has 2 aromatic rings. The number of benzene rings is 2. The smallest absolute Gasteiger partial charge is 0.150 e. The van der Waals surface area contributed by atoms with Gasteiger partial charge >= 0.3 is 0 Å². The highest BCUT2D eigenvalue weighted by molar-refractivity contribution is 5.75. The van der Waals surface area contributed by atoms with Crippen molar-refractivity contribution in [2.24, 2.45) is 0 Å². The molecule has 21 heavy (non-hydrogen) atoms. The molecule has 0 atom stereocenters. The first kappa shape index (κ1) is 14.8. The van der Waals surface area contributed by atoms with Crippen molar-refractivity contribution in [1.82, 2.24) is 0 Å². The number of hydrogen-bond acceptors (Lipinski definition) is 4. The predicted octanol–water partition coefficient (Wildman–Crippen LogP) is 3.10. The molecule has 0 spiro atoms. The van der Waals surface area contributed by atoms with Crippen LogP contribution < -0.4 is 14.2 Å². The van der Waals surface area contributed by atoms with Gasteiger partial charge in [0.15, 0.2) is 0 Å². The minimum atomic E-state index is -0.509. The molecule has 0 saturated carbocycles. The van der Waals surface area contributed by atoms with Gasteiger partial charge in [-0.1, -0.05) is 0 Å². The molecule has 0 bridgehead atoms. The molecule has 0 amide bonds. The molecule has 0 unspecified atom stereocenters. The maximum atomic E-state index is 13.2. The summed E-state index contributed by atoms with van der Waals surface area (Å²) in [6.45, 7) is 0.549. The van der Waals surface area contributed by atoms with Crippen LogP contribution in [-0.2, 0) is 0 Å². The van der Waals surface area contributed by atoms with Crippen molar-refractivity contribution in [3.8, 4) is 17.2 Å². The summed E-state index contributed by atoms with van der Waals surface area (Å²) < 4.78 is 29.0. The Hall–Kier alpha value is -2.56. The van der Waals surface area contributed by atoms with E-state index in [1.165, 1.54) is 12.1 Å². The molecule has 0 aromatic heterocycles. The molecule has 4 nitrogen and oxygen atoms in total. The summed E-state index contributed by atoms with van der Waals surface area (Å²) in [7, 11) is 1.59. The van der Waals surface area contributed by atoms with Gasteiger partial charge < -0.3 is 14.2 Å². The topological polar surface area (TPSA) is 44.8 Å². The predicted molar refractivity (Wildman–Crippen MR) is 75.8 cm³/mol. The lowest BCUT2D eigenvalue weighted by Crippen LogP contribution is -2.09. The molecular formula is C16H15FO4. The maximum absolute atomic E-state index is 13.2. The van der Waals surface area contributed by atoms with E-state index in [9.17, 15) is 9.18 Å². The third kappa shape index (κ3) is 4.49. The van der Waals surface area contributed by atoms with E-state index in [0.29, 0.717) is 24.4 Å². The van der Waals surface area contributed by atoms with Crippen molar-refractivity contribution >= 4 is 6.29 Å². The first-order chi connectivity index (χ1) is 10.2. The third-order valence-corrected chi connectivity index (χ3v) is 2.71. The fourth-order valence-electron chi connectivity index (χ4n) is 1.73. The lowest BCUT2D eigenvalue weighted by molar-refractivity contribution is 0.112. The van der Waals surface area contributed by atoms with E-state index in [1.54, 1.807) is 31.4 Å². The van der Waals surface area contributed by atoms with Gasteiger partial charge in [0.25, 0.3) is 0 Å². The van der Waals surface area contributed by atoms with Crippen LogP contribution in [-0.4, -0.2) is 26.6 Å².